The van der Waals surface area contributed by atoms with Crippen molar-refractivity contribution in [2.45, 2.75) is 51.6 Å². The SMILES string of the molecule is CCCCCCCC(=O)c1ccc(OCC(=O)Nc2cc(C(F)(F)F)ccc2N2CCOCC2)cc1. The van der Waals surface area contributed by atoms with Crippen LogP contribution >= 0.6 is 0 Å². The number of unbranched alkanes of at least 4 members (excludes halogenated alkanes) is 4. The van der Waals surface area contributed by atoms with E-state index in [1.54, 1.807) is 24.3 Å². The molecule has 0 aromatic heterocycles. The van der Waals surface area contributed by atoms with Crippen molar-refractivity contribution in [3.8, 4) is 5.75 Å². The molecule has 196 valence electrons. The number of morpholine rings is 1. The van der Waals surface area contributed by atoms with Crippen LogP contribution in [-0.4, -0.2) is 44.6 Å². The molecule has 1 N–H and O–H groups in total. The van der Waals surface area contributed by atoms with Gasteiger partial charge in [0.2, 0.25) is 0 Å². The first kappa shape index (κ1) is 27.5. The number of carbonyl (C=O) groups excluding carboxylic acids is 2. The maximum absolute atomic E-state index is 13.3. The third-order valence-corrected chi connectivity index (χ3v) is 6.00. The molecule has 2 aromatic rings. The van der Waals surface area contributed by atoms with Crippen LogP contribution in [0.15, 0.2) is 42.5 Å². The Labute approximate surface area is 209 Å². The number of benzene rings is 2. The predicted octanol–water partition coefficient (Wildman–Crippen LogP) is 6.10. The molecule has 0 radical (unpaired) electrons. The van der Waals surface area contributed by atoms with E-state index < -0.39 is 17.6 Å². The molecule has 6 nitrogen and oxygen atoms in total. The third kappa shape index (κ3) is 8.26. The lowest BCUT2D eigenvalue weighted by Crippen LogP contribution is -2.37. The number of hydrogen-bond donors (Lipinski definition) is 1. The summed E-state index contributed by atoms with van der Waals surface area (Å²) in [7, 11) is 0. The number of Topliss-reactive ketones (excluding diaryl/α,β-unsaturated/α-hetero) is 1. The summed E-state index contributed by atoms with van der Waals surface area (Å²) in [5.74, 6) is -0.130. The van der Waals surface area contributed by atoms with E-state index in [0.29, 0.717) is 49.7 Å². The highest BCUT2D eigenvalue weighted by molar-refractivity contribution is 5.96. The highest BCUT2D eigenvalue weighted by Gasteiger charge is 2.32. The summed E-state index contributed by atoms with van der Waals surface area (Å²) in [4.78, 5) is 26.7. The van der Waals surface area contributed by atoms with Crippen molar-refractivity contribution >= 4 is 23.1 Å². The second kappa shape index (κ2) is 13.3. The maximum Gasteiger partial charge on any atom is 0.416 e. The van der Waals surface area contributed by atoms with Gasteiger partial charge in [-0.15, -0.1) is 0 Å². The Hall–Kier alpha value is -3.07. The summed E-state index contributed by atoms with van der Waals surface area (Å²) in [6.07, 6.45) is 1.32. The Kier molecular flexibility index (Phi) is 10.2. The number of ketones is 1. The second-order valence-electron chi connectivity index (χ2n) is 8.78. The minimum Gasteiger partial charge on any atom is -0.484 e. The van der Waals surface area contributed by atoms with Gasteiger partial charge in [0, 0.05) is 25.1 Å². The summed E-state index contributed by atoms with van der Waals surface area (Å²) in [6, 6.07) is 9.85. The largest absolute Gasteiger partial charge is 0.484 e. The standard InChI is InChI=1S/C27H33F3N2O4/c1-2-3-4-5-6-7-25(33)20-8-11-22(12-9-20)36-19-26(34)31-23-18-21(27(28,29)30)10-13-24(23)32-14-16-35-17-15-32/h8-13,18H,2-7,14-17,19H2,1H3,(H,31,34). The van der Waals surface area contributed by atoms with Crippen molar-refractivity contribution in [3.05, 3.63) is 53.6 Å². The number of anilines is 2. The van der Waals surface area contributed by atoms with Crippen molar-refractivity contribution in [1.29, 1.82) is 0 Å². The van der Waals surface area contributed by atoms with E-state index in [4.69, 9.17) is 9.47 Å². The molecule has 1 fully saturated rings. The number of carbonyl (C=O) groups is 2. The molecule has 2 aromatic carbocycles. The summed E-state index contributed by atoms with van der Waals surface area (Å²) >= 11 is 0. The molecule has 1 saturated heterocycles. The number of nitrogens with zero attached hydrogens (tertiary/aromatic N) is 1. The fourth-order valence-electron chi connectivity index (χ4n) is 4.00. The minimum absolute atomic E-state index is 0.0657. The minimum atomic E-state index is -4.53. The smallest absolute Gasteiger partial charge is 0.416 e. The van der Waals surface area contributed by atoms with Gasteiger partial charge in [0.05, 0.1) is 30.2 Å². The van der Waals surface area contributed by atoms with Crippen LogP contribution in [0.25, 0.3) is 0 Å². The molecule has 1 aliphatic rings. The molecule has 0 spiro atoms. The van der Waals surface area contributed by atoms with E-state index in [0.717, 1.165) is 37.8 Å². The Morgan fingerprint density at radius 2 is 1.69 bits per heavy atom. The van der Waals surface area contributed by atoms with Crippen LogP contribution in [0.2, 0.25) is 0 Å². The molecule has 9 heteroatoms. The van der Waals surface area contributed by atoms with Crippen LogP contribution in [-0.2, 0) is 15.7 Å². The molecule has 0 bridgehead atoms. The average Bonchev–Trinajstić information content (AvgIpc) is 2.87. The maximum atomic E-state index is 13.3. The Bertz CT molecular complexity index is 1000. The van der Waals surface area contributed by atoms with E-state index in [2.05, 4.69) is 12.2 Å². The Balaban J connectivity index is 1.57. The first-order valence-electron chi connectivity index (χ1n) is 12.4. The lowest BCUT2D eigenvalue weighted by molar-refractivity contribution is -0.137. The van der Waals surface area contributed by atoms with Gasteiger partial charge in [-0.25, -0.2) is 0 Å². The molecule has 0 aliphatic carbocycles. The third-order valence-electron chi connectivity index (χ3n) is 6.00. The first-order chi connectivity index (χ1) is 17.3. The van der Waals surface area contributed by atoms with E-state index in [-0.39, 0.29) is 18.1 Å². The molecule has 0 atom stereocenters. The molecule has 1 aliphatic heterocycles. The molecule has 1 heterocycles. The van der Waals surface area contributed by atoms with Crippen LogP contribution in [0.3, 0.4) is 0 Å². The van der Waals surface area contributed by atoms with E-state index in [9.17, 15) is 22.8 Å². The number of rotatable bonds is 12. The van der Waals surface area contributed by atoms with Gasteiger partial charge < -0.3 is 19.7 Å². The van der Waals surface area contributed by atoms with Crippen molar-refractivity contribution in [2.24, 2.45) is 0 Å². The van der Waals surface area contributed by atoms with Gasteiger partial charge in [-0.3, -0.25) is 9.59 Å². The summed E-state index contributed by atoms with van der Waals surface area (Å²) in [5, 5.41) is 2.56. The highest BCUT2D eigenvalue weighted by Crippen LogP contribution is 2.35. The normalized spacial score (nSPS) is 13.9. The van der Waals surface area contributed by atoms with Crippen molar-refractivity contribution < 1.29 is 32.2 Å². The van der Waals surface area contributed by atoms with Crippen LogP contribution in [0.4, 0.5) is 24.5 Å². The van der Waals surface area contributed by atoms with Crippen LogP contribution < -0.4 is 15.0 Å². The molecule has 36 heavy (non-hydrogen) atoms. The Morgan fingerprint density at radius 1 is 1.00 bits per heavy atom. The second-order valence-corrected chi connectivity index (χ2v) is 8.78. The van der Waals surface area contributed by atoms with Crippen LogP contribution in [0.1, 0.15) is 61.4 Å². The van der Waals surface area contributed by atoms with Crippen LogP contribution in [0.5, 0.6) is 5.75 Å². The molecule has 1 amide bonds. The lowest BCUT2D eigenvalue weighted by atomic mass is 10.0. The van der Waals surface area contributed by atoms with Gasteiger partial charge in [-0.2, -0.15) is 13.2 Å². The molecule has 0 saturated carbocycles. The highest BCUT2D eigenvalue weighted by atomic mass is 19.4. The number of alkyl halides is 3. The zero-order chi connectivity index (χ0) is 26.0. The van der Waals surface area contributed by atoms with Crippen LogP contribution in [0, 0.1) is 0 Å². The quantitative estimate of drug-likeness (QED) is 0.278. The summed E-state index contributed by atoms with van der Waals surface area (Å²) in [6.45, 7) is 3.68. The zero-order valence-electron chi connectivity index (χ0n) is 20.5. The number of nitrogens with one attached hydrogen (secondary N) is 1. The van der Waals surface area contributed by atoms with Gasteiger partial charge in [0.25, 0.3) is 5.91 Å². The monoisotopic (exact) mass is 506 g/mol. The van der Waals surface area contributed by atoms with Gasteiger partial charge in [0.1, 0.15) is 5.75 Å². The Morgan fingerprint density at radius 3 is 2.36 bits per heavy atom. The van der Waals surface area contributed by atoms with Gasteiger partial charge >= 0.3 is 6.18 Å². The van der Waals surface area contributed by atoms with E-state index in [1.165, 1.54) is 12.5 Å². The number of hydrogen-bond acceptors (Lipinski definition) is 5. The average molecular weight is 507 g/mol. The van der Waals surface area contributed by atoms with Gasteiger partial charge in [-0.1, -0.05) is 32.6 Å². The summed E-state index contributed by atoms with van der Waals surface area (Å²) < 4.78 is 50.6. The van der Waals surface area contributed by atoms with Gasteiger partial charge in [0.15, 0.2) is 12.4 Å². The van der Waals surface area contributed by atoms with Crippen molar-refractivity contribution in [1.82, 2.24) is 0 Å². The zero-order valence-corrected chi connectivity index (χ0v) is 20.5. The molecule has 0 unspecified atom stereocenters. The van der Waals surface area contributed by atoms with Crippen molar-refractivity contribution in [3.63, 3.8) is 0 Å². The molecule has 3 rings (SSSR count). The number of amides is 1. The van der Waals surface area contributed by atoms with E-state index >= 15 is 0 Å². The van der Waals surface area contributed by atoms with E-state index in [1.807, 2.05) is 4.90 Å². The topological polar surface area (TPSA) is 67.9 Å². The lowest BCUT2D eigenvalue weighted by Gasteiger charge is -2.31. The number of halogens is 3. The summed E-state index contributed by atoms with van der Waals surface area (Å²) in [5.41, 5.74) is 0.306. The fourth-order valence-corrected chi connectivity index (χ4v) is 4.00. The predicted molar refractivity (Wildman–Crippen MR) is 133 cm³/mol. The molecular formula is C27H33F3N2O4. The fraction of sp³-hybridized carbons (Fsp3) is 0.481. The van der Waals surface area contributed by atoms with Gasteiger partial charge in [-0.05, 0) is 48.9 Å². The van der Waals surface area contributed by atoms with Crippen molar-refractivity contribution in [2.75, 3.05) is 43.1 Å². The first-order valence-corrected chi connectivity index (χ1v) is 12.4. The molecular weight excluding hydrogens is 473 g/mol. The number of ether oxygens (including phenoxy) is 2.